The van der Waals surface area contributed by atoms with Crippen LogP contribution in [0.2, 0.25) is 0 Å². The highest BCUT2D eigenvalue weighted by atomic mass is 16.5. The Balaban J connectivity index is 1.54. The van der Waals surface area contributed by atoms with Gasteiger partial charge in [0.15, 0.2) is 5.96 Å². The van der Waals surface area contributed by atoms with Crippen LogP contribution in [-0.2, 0) is 19.4 Å². The van der Waals surface area contributed by atoms with Crippen LogP contribution in [0.1, 0.15) is 47.3 Å². The van der Waals surface area contributed by atoms with E-state index < -0.39 is 0 Å². The van der Waals surface area contributed by atoms with E-state index in [1.807, 2.05) is 31.2 Å². The molecule has 1 aliphatic rings. The molecule has 3 N–H and O–H groups in total. The van der Waals surface area contributed by atoms with E-state index in [1.54, 1.807) is 0 Å². The van der Waals surface area contributed by atoms with Crippen molar-refractivity contribution in [3.8, 4) is 5.75 Å². The van der Waals surface area contributed by atoms with Crippen molar-refractivity contribution in [2.75, 3.05) is 26.2 Å². The second-order valence-electron chi connectivity index (χ2n) is 7.37. The fraction of sp³-hybridized carbons (Fsp3) is 0.417. The number of ether oxygens (including phenoxy) is 1. The number of fused-ring (bicyclic) bond motifs is 1. The lowest BCUT2D eigenvalue weighted by atomic mass is 10.1. The molecule has 1 heterocycles. The van der Waals surface area contributed by atoms with Crippen molar-refractivity contribution in [2.45, 2.75) is 39.7 Å². The Hall–Kier alpha value is -3.02. The maximum Gasteiger partial charge on any atom is 0.251 e. The number of nitrogens with zero attached hydrogens (tertiary/aromatic N) is 1. The van der Waals surface area contributed by atoms with Gasteiger partial charge in [0.2, 0.25) is 0 Å². The summed E-state index contributed by atoms with van der Waals surface area (Å²) in [5, 5.41) is 9.60. The lowest BCUT2D eigenvalue weighted by Gasteiger charge is -2.12. The molecule has 2 aromatic rings. The van der Waals surface area contributed by atoms with Crippen molar-refractivity contribution in [1.29, 1.82) is 0 Å². The van der Waals surface area contributed by atoms with Gasteiger partial charge in [0.1, 0.15) is 5.75 Å². The highest BCUT2D eigenvalue weighted by molar-refractivity contribution is 5.94. The standard InChI is InChI=1S/C24H32N4O2/c1-3-12-26-23(29)21-7-5-6-19(16-21)17-28-24(25-4-2)27-13-10-18-8-9-22-20(15-18)11-14-30-22/h5-9,15-16H,3-4,10-14,17H2,1-2H3,(H,26,29)(H2,25,27,28). The van der Waals surface area contributed by atoms with Gasteiger partial charge in [0.05, 0.1) is 13.2 Å². The predicted molar refractivity (Wildman–Crippen MR) is 121 cm³/mol. The van der Waals surface area contributed by atoms with Gasteiger partial charge in [-0.15, -0.1) is 0 Å². The molecule has 2 aromatic carbocycles. The van der Waals surface area contributed by atoms with Crippen LogP contribution in [0, 0.1) is 0 Å². The highest BCUT2D eigenvalue weighted by Crippen LogP contribution is 2.25. The number of amides is 1. The molecule has 0 unspecified atom stereocenters. The predicted octanol–water partition coefficient (Wildman–Crippen LogP) is 3.06. The first-order chi connectivity index (χ1) is 14.7. The zero-order chi connectivity index (χ0) is 21.2. The quantitative estimate of drug-likeness (QED) is 0.440. The smallest absolute Gasteiger partial charge is 0.251 e. The molecule has 0 aromatic heterocycles. The third-order valence-electron chi connectivity index (χ3n) is 4.95. The van der Waals surface area contributed by atoms with E-state index in [0.717, 1.165) is 56.2 Å². The lowest BCUT2D eigenvalue weighted by molar-refractivity contribution is 0.0953. The molecule has 6 heteroatoms. The van der Waals surface area contributed by atoms with Crippen LogP contribution in [0.5, 0.6) is 5.75 Å². The number of aliphatic imine (C=N–C) groups is 1. The highest BCUT2D eigenvalue weighted by Gasteiger charge is 2.12. The van der Waals surface area contributed by atoms with Crippen molar-refractivity contribution >= 4 is 11.9 Å². The van der Waals surface area contributed by atoms with Gasteiger partial charge in [0.25, 0.3) is 5.91 Å². The SMILES string of the molecule is CCCNC(=O)c1cccc(CN=C(NCC)NCCc2ccc3c(c2)CCO3)c1. The van der Waals surface area contributed by atoms with Crippen LogP contribution >= 0.6 is 0 Å². The van der Waals surface area contributed by atoms with Crippen LogP contribution in [0.4, 0.5) is 0 Å². The molecule has 6 nitrogen and oxygen atoms in total. The molecule has 1 amide bonds. The summed E-state index contributed by atoms with van der Waals surface area (Å²) in [5.74, 6) is 1.77. The largest absolute Gasteiger partial charge is 0.493 e. The third kappa shape index (κ3) is 6.24. The Morgan fingerprint density at radius 2 is 1.93 bits per heavy atom. The van der Waals surface area contributed by atoms with Crippen molar-refractivity contribution in [3.05, 3.63) is 64.7 Å². The second-order valence-corrected chi connectivity index (χ2v) is 7.37. The van der Waals surface area contributed by atoms with Crippen molar-refractivity contribution in [2.24, 2.45) is 4.99 Å². The molecule has 0 fully saturated rings. The number of nitrogens with one attached hydrogen (secondary N) is 3. The number of rotatable bonds is 9. The number of carbonyl (C=O) groups is 1. The minimum atomic E-state index is -0.0348. The summed E-state index contributed by atoms with van der Waals surface area (Å²) < 4.78 is 5.57. The molecule has 0 spiro atoms. The van der Waals surface area contributed by atoms with Gasteiger partial charge in [-0.2, -0.15) is 0 Å². The Morgan fingerprint density at radius 3 is 2.77 bits per heavy atom. The summed E-state index contributed by atoms with van der Waals surface area (Å²) in [4.78, 5) is 16.8. The number of guanidine groups is 1. The van der Waals surface area contributed by atoms with Gasteiger partial charge in [0, 0.05) is 31.6 Å². The van der Waals surface area contributed by atoms with E-state index in [1.165, 1.54) is 11.1 Å². The Morgan fingerprint density at radius 1 is 1.03 bits per heavy atom. The first kappa shape index (κ1) is 21.7. The maximum atomic E-state index is 12.2. The summed E-state index contributed by atoms with van der Waals surface area (Å²) in [6.45, 7) is 7.67. The summed E-state index contributed by atoms with van der Waals surface area (Å²) in [5.41, 5.74) is 4.29. The minimum Gasteiger partial charge on any atom is -0.493 e. The van der Waals surface area contributed by atoms with Crippen molar-refractivity contribution in [3.63, 3.8) is 0 Å². The van der Waals surface area contributed by atoms with Crippen LogP contribution in [0.25, 0.3) is 0 Å². The molecule has 0 saturated carbocycles. The normalized spacial score (nSPS) is 12.8. The van der Waals surface area contributed by atoms with Crippen LogP contribution in [0.3, 0.4) is 0 Å². The van der Waals surface area contributed by atoms with E-state index in [-0.39, 0.29) is 5.91 Å². The topological polar surface area (TPSA) is 74.8 Å². The minimum absolute atomic E-state index is 0.0348. The Labute approximate surface area is 179 Å². The lowest BCUT2D eigenvalue weighted by Crippen LogP contribution is -2.38. The van der Waals surface area contributed by atoms with E-state index in [9.17, 15) is 4.79 Å². The fourth-order valence-corrected chi connectivity index (χ4v) is 3.38. The third-order valence-corrected chi connectivity index (χ3v) is 4.95. The average Bonchev–Trinajstić information content (AvgIpc) is 3.24. The van der Waals surface area contributed by atoms with Gasteiger partial charge in [-0.3, -0.25) is 4.79 Å². The van der Waals surface area contributed by atoms with Gasteiger partial charge in [-0.1, -0.05) is 31.2 Å². The van der Waals surface area contributed by atoms with Gasteiger partial charge >= 0.3 is 0 Å². The summed E-state index contributed by atoms with van der Waals surface area (Å²) in [7, 11) is 0. The molecule has 1 aliphatic heterocycles. The van der Waals surface area contributed by atoms with E-state index >= 15 is 0 Å². The van der Waals surface area contributed by atoms with Crippen LogP contribution in [0.15, 0.2) is 47.5 Å². The molecule has 160 valence electrons. The maximum absolute atomic E-state index is 12.2. The van der Waals surface area contributed by atoms with E-state index in [4.69, 9.17) is 4.74 Å². The zero-order valence-corrected chi connectivity index (χ0v) is 18.0. The molecule has 30 heavy (non-hydrogen) atoms. The molecular formula is C24H32N4O2. The monoisotopic (exact) mass is 408 g/mol. The summed E-state index contributed by atoms with van der Waals surface area (Å²) >= 11 is 0. The fourth-order valence-electron chi connectivity index (χ4n) is 3.38. The number of hydrogen-bond acceptors (Lipinski definition) is 3. The molecular weight excluding hydrogens is 376 g/mol. The van der Waals surface area contributed by atoms with Gasteiger partial charge in [-0.05, 0) is 54.7 Å². The van der Waals surface area contributed by atoms with Crippen molar-refractivity contribution in [1.82, 2.24) is 16.0 Å². The van der Waals surface area contributed by atoms with Crippen LogP contribution < -0.4 is 20.7 Å². The second kappa shape index (κ2) is 11.2. The van der Waals surface area contributed by atoms with E-state index in [0.29, 0.717) is 18.7 Å². The first-order valence-corrected chi connectivity index (χ1v) is 10.8. The average molecular weight is 409 g/mol. The Kier molecular flexibility index (Phi) is 8.12. The summed E-state index contributed by atoms with van der Waals surface area (Å²) in [6, 6.07) is 14.1. The van der Waals surface area contributed by atoms with E-state index in [2.05, 4.69) is 46.1 Å². The molecule has 0 aliphatic carbocycles. The van der Waals surface area contributed by atoms with Gasteiger partial charge < -0.3 is 20.7 Å². The molecule has 0 saturated heterocycles. The van der Waals surface area contributed by atoms with Crippen LogP contribution in [-0.4, -0.2) is 38.1 Å². The summed E-state index contributed by atoms with van der Waals surface area (Å²) in [6.07, 6.45) is 2.84. The molecule has 0 radical (unpaired) electrons. The number of carbonyl (C=O) groups excluding carboxylic acids is 1. The molecule has 0 bridgehead atoms. The number of benzene rings is 2. The molecule has 3 rings (SSSR count). The van der Waals surface area contributed by atoms with Crippen molar-refractivity contribution < 1.29 is 9.53 Å². The zero-order valence-electron chi connectivity index (χ0n) is 18.0. The van der Waals surface area contributed by atoms with Gasteiger partial charge in [-0.25, -0.2) is 4.99 Å². The Bertz CT molecular complexity index is 879. The molecule has 0 atom stereocenters. The number of hydrogen-bond donors (Lipinski definition) is 3. The first-order valence-electron chi connectivity index (χ1n) is 10.8.